The van der Waals surface area contributed by atoms with E-state index in [2.05, 4.69) is 4.98 Å². The minimum atomic E-state index is -0.634. The first-order chi connectivity index (χ1) is 13.5. The zero-order valence-electron chi connectivity index (χ0n) is 16.9. The number of ether oxygens (including phenoxy) is 1. The summed E-state index contributed by atoms with van der Waals surface area (Å²) in [6, 6.07) is 1.89. The molecule has 1 aromatic heterocycles. The molecule has 0 aliphatic carbocycles. The van der Waals surface area contributed by atoms with Crippen molar-refractivity contribution < 1.29 is 13.9 Å². The maximum Gasteiger partial charge on any atom is 0.410 e. The molecule has 1 aliphatic heterocycles. The quantitative estimate of drug-likeness (QED) is 0.794. The molecular formula is C19H25ClFN5O3. The molecule has 0 radical (unpaired) electrons. The van der Waals surface area contributed by atoms with Crippen LogP contribution in [0, 0.1) is 5.82 Å². The van der Waals surface area contributed by atoms with Crippen molar-refractivity contribution >= 4 is 28.6 Å². The van der Waals surface area contributed by atoms with Crippen molar-refractivity contribution in [2.24, 2.45) is 5.73 Å². The number of carbonyl (C=O) groups is 1. The average Bonchev–Trinajstić information content (AvgIpc) is 2.63. The molecule has 0 unspecified atom stereocenters. The van der Waals surface area contributed by atoms with Crippen molar-refractivity contribution in [2.75, 3.05) is 31.2 Å². The molecule has 1 aromatic carbocycles. The Morgan fingerprint density at radius 3 is 2.45 bits per heavy atom. The number of hydrogen-bond acceptors (Lipinski definition) is 6. The number of carbonyl (C=O) groups excluding carboxylic acids is 1. The predicted molar refractivity (Wildman–Crippen MR) is 109 cm³/mol. The molecule has 1 atom stereocenters. The van der Waals surface area contributed by atoms with Crippen LogP contribution in [-0.2, 0) is 4.74 Å². The lowest BCUT2D eigenvalue weighted by molar-refractivity contribution is 0.0231. The molecule has 2 heterocycles. The van der Waals surface area contributed by atoms with E-state index in [0.717, 1.165) is 0 Å². The topological polar surface area (TPSA) is 93.7 Å². The molecule has 1 saturated heterocycles. The van der Waals surface area contributed by atoms with Crippen molar-refractivity contribution in [1.82, 2.24) is 14.6 Å². The second kappa shape index (κ2) is 7.79. The molecular weight excluding hydrogens is 401 g/mol. The molecule has 2 aromatic rings. The van der Waals surface area contributed by atoms with Gasteiger partial charge in [0.05, 0.1) is 29.5 Å². The highest BCUT2D eigenvalue weighted by Gasteiger charge is 2.29. The van der Waals surface area contributed by atoms with Crippen LogP contribution < -0.4 is 16.3 Å². The summed E-state index contributed by atoms with van der Waals surface area (Å²) in [6.07, 6.45) is -0.404. The molecule has 0 bridgehead atoms. The Labute approximate surface area is 173 Å². The standard InChI is InChI=1S/C19H25ClFN5O3/c1-11(22)16-23-15-13(21)6-5-12(20)14(15)17(27)26(16)25-9-7-24(8-10-25)18(28)29-19(2,3)4/h5-6,11H,7-10,22H2,1-4H3/t11-/m0/s1. The minimum absolute atomic E-state index is 0.00522. The Kier molecular flexibility index (Phi) is 5.73. The van der Waals surface area contributed by atoms with Crippen molar-refractivity contribution in [3.63, 3.8) is 0 Å². The third kappa shape index (κ3) is 4.30. The number of aromatic nitrogens is 2. The zero-order valence-corrected chi connectivity index (χ0v) is 17.7. The Hall–Kier alpha value is -2.39. The fourth-order valence-electron chi connectivity index (χ4n) is 3.20. The van der Waals surface area contributed by atoms with E-state index >= 15 is 0 Å². The van der Waals surface area contributed by atoms with Gasteiger partial charge in [0.15, 0.2) is 0 Å². The molecule has 29 heavy (non-hydrogen) atoms. The summed E-state index contributed by atoms with van der Waals surface area (Å²) in [5.74, 6) is -0.403. The van der Waals surface area contributed by atoms with Crippen LogP contribution in [0.25, 0.3) is 10.9 Å². The predicted octanol–water partition coefficient (Wildman–Crippen LogP) is 2.40. The number of nitrogens with two attached hydrogens (primary N) is 1. The van der Waals surface area contributed by atoms with E-state index in [-0.39, 0.29) is 21.7 Å². The van der Waals surface area contributed by atoms with Gasteiger partial charge in [-0.15, -0.1) is 0 Å². The number of halogens is 2. The number of nitrogens with zero attached hydrogens (tertiary/aromatic N) is 4. The fourth-order valence-corrected chi connectivity index (χ4v) is 3.43. The zero-order chi connectivity index (χ0) is 21.5. The van der Waals surface area contributed by atoms with Gasteiger partial charge in [0, 0.05) is 13.1 Å². The van der Waals surface area contributed by atoms with Gasteiger partial charge in [0.2, 0.25) is 0 Å². The van der Waals surface area contributed by atoms with Crippen molar-refractivity contribution in [3.8, 4) is 0 Å². The van der Waals surface area contributed by atoms with Crippen LogP contribution in [0.5, 0.6) is 0 Å². The summed E-state index contributed by atoms with van der Waals surface area (Å²) < 4.78 is 21.0. The normalized spacial score (nSPS) is 16.2. The molecule has 0 spiro atoms. The summed E-state index contributed by atoms with van der Waals surface area (Å²) in [6.45, 7) is 8.52. The minimum Gasteiger partial charge on any atom is -0.444 e. The highest BCUT2D eigenvalue weighted by atomic mass is 35.5. The van der Waals surface area contributed by atoms with E-state index in [1.165, 1.54) is 16.8 Å². The van der Waals surface area contributed by atoms with E-state index in [9.17, 15) is 14.0 Å². The summed E-state index contributed by atoms with van der Waals surface area (Å²) in [5, 5.41) is 1.87. The summed E-state index contributed by atoms with van der Waals surface area (Å²) in [7, 11) is 0. The number of piperazine rings is 1. The molecule has 158 valence electrons. The molecule has 10 heteroatoms. The van der Waals surface area contributed by atoms with E-state index in [1.54, 1.807) is 37.6 Å². The lowest BCUT2D eigenvalue weighted by atomic mass is 10.2. The monoisotopic (exact) mass is 425 g/mol. The number of hydrogen-bond donors (Lipinski definition) is 1. The SMILES string of the molecule is C[C@H](N)c1nc2c(F)ccc(Cl)c2c(=O)n1N1CCN(C(=O)OC(C)(C)C)CC1. The molecule has 3 rings (SSSR count). The molecule has 1 aliphatic rings. The summed E-state index contributed by atoms with van der Waals surface area (Å²) in [5.41, 5.74) is 4.85. The average molecular weight is 426 g/mol. The van der Waals surface area contributed by atoms with Crippen LogP contribution in [0.2, 0.25) is 5.02 Å². The molecule has 1 amide bonds. The van der Waals surface area contributed by atoms with E-state index in [4.69, 9.17) is 22.1 Å². The largest absolute Gasteiger partial charge is 0.444 e. The molecule has 1 fully saturated rings. The van der Waals surface area contributed by atoms with Gasteiger partial charge in [-0.05, 0) is 39.8 Å². The van der Waals surface area contributed by atoms with Gasteiger partial charge >= 0.3 is 6.09 Å². The Balaban J connectivity index is 1.96. The number of amides is 1. The first-order valence-corrected chi connectivity index (χ1v) is 9.77. The molecule has 2 N–H and O–H groups in total. The van der Waals surface area contributed by atoms with Crippen LogP contribution in [0.3, 0.4) is 0 Å². The van der Waals surface area contributed by atoms with Crippen LogP contribution >= 0.6 is 11.6 Å². The highest BCUT2D eigenvalue weighted by molar-refractivity contribution is 6.35. The van der Waals surface area contributed by atoms with E-state index in [0.29, 0.717) is 26.2 Å². The van der Waals surface area contributed by atoms with Crippen LogP contribution in [0.4, 0.5) is 9.18 Å². The summed E-state index contributed by atoms with van der Waals surface area (Å²) in [4.78, 5) is 31.4. The lowest BCUT2D eigenvalue weighted by Crippen LogP contribution is -2.57. The summed E-state index contributed by atoms with van der Waals surface area (Å²) >= 11 is 6.16. The maximum atomic E-state index is 14.3. The Morgan fingerprint density at radius 1 is 1.28 bits per heavy atom. The lowest BCUT2D eigenvalue weighted by Gasteiger charge is -2.38. The van der Waals surface area contributed by atoms with Gasteiger partial charge in [-0.1, -0.05) is 11.6 Å². The Bertz CT molecular complexity index is 994. The van der Waals surface area contributed by atoms with Crippen LogP contribution in [0.15, 0.2) is 16.9 Å². The first kappa shape index (κ1) is 21.3. The number of rotatable bonds is 2. The van der Waals surface area contributed by atoms with E-state index < -0.39 is 29.1 Å². The van der Waals surface area contributed by atoms with Gasteiger partial charge in [0.1, 0.15) is 22.8 Å². The highest BCUT2D eigenvalue weighted by Crippen LogP contribution is 2.23. The van der Waals surface area contributed by atoms with Crippen molar-refractivity contribution in [2.45, 2.75) is 39.3 Å². The van der Waals surface area contributed by atoms with Gasteiger partial charge in [0.25, 0.3) is 5.56 Å². The van der Waals surface area contributed by atoms with Gasteiger partial charge in [-0.2, -0.15) is 0 Å². The first-order valence-electron chi connectivity index (χ1n) is 9.39. The van der Waals surface area contributed by atoms with Crippen LogP contribution in [-0.4, -0.2) is 52.4 Å². The second-order valence-corrected chi connectivity index (χ2v) is 8.46. The molecule has 8 nitrogen and oxygen atoms in total. The van der Waals surface area contributed by atoms with E-state index in [1.807, 2.05) is 0 Å². The third-order valence-electron chi connectivity index (χ3n) is 4.53. The van der Waals surface area contributed by atoms with Gasteiger partial charge in [-0.25, -0.2) is 18.8 Å². The third-order valence-corrected chi connectivity index (χ3v) is 4.84. The van der Waals surface area contributed by atoms with Crippen molar-refractivity contribution in [3.05, 3.63) is 39.2 Å². The van der Waals surface area contributed by atoms with Crippen LogP contribution in [0.1, 0.15) is 39.6 Å². The smallest absolute Gasteiger partial charge is 0.410 e. The molecule has 0 saturated carbocycles. The Morgan fingerprint density at radius 2 is 1.90 bits per heavy atom. The number of benzene rings is 1. The number of fused-ring (bicyclic) bond motifs is 1. The van der Waals surface area contributed by atoms with Gasteiger partial charge in [-0.3, -0.25) is 4.79 Å². The maximum absolute atomic E-state index is 14.3. The van der Waals surface area contributed by atoms with Gasteiger partial charge < -0.3 is 20.4 Å². The fraction of sp³-hybridized carbons (Fsp3) is 0.526. The second-order valence-electron chi connectivity index (χ2n) is 8.05. The van der Waals surface area contributed by atoms with Crippen molar-refractivity contribution in [1.29, 1.82) is 0 Å².